The van der Waals surface area contributed by atoms with Crippen LogP contribution in [0.1, 0.15) is 26.7 Å². The highest BCUT2D eigenvalue weighted by Gasteiger charge is 2.32. The van der Waals surface area contributed by atoms with Gasteiger partial charge in [0.1, 0.15) is 0 Å². The molecule has 0 fully saturated rings. The summed E-state index contributed by atoms with van der Waals surface area (Å²) in [6.07, 6.45) is 4.55. The number of hydrogen-bond donors (Lipinski definition) is 0. The van der Waals surface area contributed by atoms with E-state index in [2.05, 4.69) is 9.97 Å². The lowest BCUT2D eigenvalue weighted by Crippen LogP contribution is -2.26. The fraction of sp³-hybridized carbons (Fsp3) is 0.375. The van der Waals surface area contributed by atoms with Gasteiger partial charge in [-0.3, -0.25) is 9.59 Å². The van der Waals surface area contributed by atoms with E-state index in [-0.39, 0.29) is 11.6 Å². The Balaban J connectivity index is 1.88. The zero-order chi connectivity index (χ0) is 15.0. The minimum Gasteiger partial charge on any atom is -0.340 e. The van der Waals surface area contributed by atoms with Gasteiger partial charge in [0.15, 0.2) is 11.6 Å². The molecular weight excluding hydrogens is 266 g/mol. The summed E-state index contributed by atoms with van der Waals surface area (Å²) in [5.74, 6) is 0.703. The summed E-state index contributed by atoms with van der Waals surface area (Å²) in [6.45, 7) is 4.80. The Bertz CT molecular complexity index is 636. The van der Waals surface area contributed by atoms with Gasteiger partial charge in [0.2, 0.25) is 5.95 Å². The van der Waals surface area contributed by atoms with Crippen molar-refractivity contribution in [2.45, 2.75) is 26.7 Å². The van der Waals surface area contributed by atoms with Crippen LogP contribution in [0.4, 0.5) is 5.95 Å². The third-order valence-electron chi connectivity index (χ3n) is 4.25. The lowest BCUT2D eigenvalue weighted by molar-refractivity contribution is -0.116. The molecule has 0 saturated heterocycles. The van der Waals surface area contributed by atoms with E-state index in [0.717, 1.165) is 0 Å². The van der Waals surface area contributed by atoms with E-state index in [4.69, 9.17) is 0 Å². The SMILES string of the molecule is CC1=C(C)C(=O)C2=C(CCN(c3ncccn3)CC2)C1=O. The second-order valence-corrected chi connectivity index (χ2v) is 5.40. The Morgan fingerprint density at radius 1 is 0.905 bits per heavy atom. The van der Waals surface area contributed by atoms with Gasteiger partial charge in [-0.25, -0.2) is 9.97 Å². The van der Waals surface area contributed by atoms with Crippen molar-refractivity contribution in [3.05, 3.63) is 40.8 Å². The Hall–Kier alpha value is -2.30. The summed E-state index contributed by atoms with van der Waals surface area (Å²) in [5, 5.41) is 0. The molecule has 0 radical (unpaired) electrons. The van der Waals surface area contributed by atoms with Gasteiger partial charge in [0.25, 0.3) is 0 Å². The maximum absolute atomic E-state index is 12.4. The van der Waals surface area contributed by atoms with E-state index >= 15 is 0 Å². The van der Waals surface area contributed by atoms with Crippen molar-refractivity contribution in [2.24, 2.45) is 0 Å². The van der Waals surface area contributed by atoms with Gasteiger partial charge >= 0.3 is 0 Å². The van der Waals surface area contributed by atoms with Crippen molar-refractivity contribution in [1.82, 2.24) is 9.97 Å². The second-order valence-electron chi connectivity index (χ2n) is 5.40. The summed E-state index contributed by atoms with van der Waals surface area (Å²) in [7, 11) is 0. The van der Waals surface area contributed by atoms with Gasteiger partial charge in [-0.05, 0) is 32.8 Å². The molecule has 21 heavy (non-hydrogen) atoms. The molecule has 0 aromatic carbocycles. The lowest BCUT2D eigenvalue weighted by Gasteiger charge is -2.19. The van der Waals surface area contributed by atoms with E-state index in [1.54, 1.807) is 32.3 Å². The molecule has 0 N–H and O–H groups in total. The molecule has 108 valence electrons. The highest BCUT2D eigenvalue weighted by Crippen LogP contribution is 2.31. The zero-order valence-electron chi connectivity index (χ0n) is 12.2. The largest absolute Gasteiger partial charge is 0.340 e. The lowest BCUT2D eigenvalue weighted by atomic mass is 9.83. The van der Waals surface area contributed by atoms with Crippen LogP contribution in [-0.2, 0) is 9.59 Å². The fourth-order valence-corrected chi connectivity index (χ4v) is 2.86. The van der Waals surface area contributed by atoms with Crippen molar-refractivity contribution in [1.29, 1.82) is 0 Å². The summed E-state index contributed by atoms with van der Waals surface area (Å²) in [6, 6.07) is 1.77. The molecule has 1 aromatic rings. The monoisotopic (exact) mass is 283 g/mol. The first-order valence-corrected chi connectivity index (χ1v) is 7.10. The molecule has 2 heterocycles. The van der Waals surface area contributed by atoms with Gasteiger partial charge in [0.05, 0.1) is 0 Å². The molecular formula is C16H17N3O2. The standard InChI is InChI=1S/C16H17N3O2/c1-10-11(2)15(21)13-5-9-19(8-4-12(13)14(10)20)16-17-6-3-7-18-16/h3,6-7H,4-5,8-9H2,1-2H3. The highest BCUT2D eigenvalue weighted by atomic mass is 16.1. The smallest absolute Gasteiger partial charge is 0.225 e. The van der Waals surface area contributed by atoms with Crippen LogP contribution in [0.5, 0.6) is 0 Å². The van der Waals surface area contributed by atoms with Crippen LogP contribution in [0.3, 0.4) is 0 Å². The van der Waals surface area contributed by atoms with Crippen LogP contribution in [0.15, 0.2) is 40.8 Å². The van der Waals surface area contributed by atoms with Crippen LogP contribution in [0.25, 0.3) is 0 Å². The molecule has 0 amide bonds. The van der Waals surface area contributed by atoms with Crippen LogP contribution in [0.2, 0.25) is 0 Å². The van der Waals surface area contributed by atoms with Crippen molar-refractivity contribution < 1.29 is 9.59 Å². The molecule has 1 aliphatic carbocycles. The number of carbonyl (C=O) groups is 2. The molecule has 0 spiro atoms. The van der Waals surface area contributed by atoms with Crippen molar-refractivity contribution in [2.75, 3.05) is 18.0 Å². The summed E-state index contributed by atoms with van der Waals surface area (Å²) in [5.41, 5.74) is 2.54. The minimum absolute atomic E-state index is 0.0259. The molecule has 2 aliphatic rings. The van der Waals surface area contributed by atoms with Gasteiger partial charge in [-0.1, -0.05) is 0 Å². The van der Waals surface area contributed by atoms with Crippen molar-refractivity contribution in [3.8, 4) is 0 Å². The normalized spacial score (nSPS) is 19.8. The van der Waals surface area contributed by atoms with Gasteiger partial charge in [-0.15, -0.1) is 0 Å². The zero-order valence-corrected chi connectivity index (χ0v) is 12.2. The Labute approximate surface area is 123 Å². The molecule has 5 nitrogen and oxygen atoms in total. The molecule has 0 atom stereocenters. The molecule has 1 aromatic heterocycles. The first-order chi connectivity index (χ1) is 10.1. The molecule has 3 rings (SSSR count). The molecule has 0 saturated carbocycles. The average Bonchev–Trinajstić information content (AvgIpc) is 2.75. The highest BCUT2D eigenvalue weighted by molar-refractivity contribution is 6.24. The predicted octanol–water partition coefficient (Wildman–Crippen LogP) is 1.86. The fourth-order valence-electron chi connectivity index (χ4n) is 2.86. The Morgan fingerprint density at radius 2 is 1.38 bits per heavy atom. The van der Waals surface area contributed by atoms with Crippen LogP contribution < -0.4 is 4.90 Å². The quantitative estimate of drug-likeness (QED) is 0.736. The van der Waals surface area contributed by atoms with E-state index < -0.39 is 0 Å². The molecule has 0 unspecified atom stereocenters. The summed E-state index contributed by atoms with van der Waals surface area (Å²) >= 11 is 0. The summed E-state index contributed by atoms with van der Waals surface area (Å²) in [4.78, 5) is 35.3. The number of anilines is 1. The van der Waals surface area contributed by atoms with Gasteiger partial charge < -0.3 is 4.90 Å². The number of rotatable bonds is 1. The number of aromatic nitrogens is 2. The number of nitrogens with zero attached hydrogens (tertiary/aromatic N) is 3. The van der Waals surface area contributed by atoms with Gasteiger partial charge in [-0.2, -0.15) is 0 Å². The van der Waals surface area contributed by atoms with E-state index in [0.29, 0.717) is 54.2 Å². The molecule has 5 heteroatoms. The van der Waals surface area contributed by atoms with E-state index in [1.165, 1.54) is 0 Å². The maximum Gasteiger partial charge on any atom is 0.225 e. The number of Topliss-reactive ketones (excluding diaryl/α,β-unsaturated/α-hetero) is 2. The number of allylic oxidation sites excluding steroid dienone is 2. The minimum atomic E-state index is 0.0259. The average molecular weight is 283 g/mol. The van der Waals surface area contributed by atoms with Crippen molar-refractivity contribution in [3.63, 3.8) is 0 Å². The third-order valence-corrected chi connectivity index (χ3v) is 4.25. The van der Waals surface area contributed by atoms with E-state index in [1.807, 2.05) is 4.90 Å². The maximum atomic E-state index is 12.4. The van der Waals surface area contributed by atoms with Crippen LogP contribution in [-0.4, -0.2) is 34.6 Å². The van der Waals surface area contributed by atoms with Gasteiger partial charge in [0, 0.05) is 47.8 Å². The van der Waals surface area contributed by atoms with Crippen molar-refractivity contribution >= 4 is 17.5 Å². The predicted molar refractivity (Wildman–Crippen MR) is 78.9 cm³/mol. The Morgan fingerprint density at radius 3 is 1.86 bits per heavy atom. The molecule has 1 aliphatic heterocycles. The first-order valence-electron chi connectivity index (χ1n) is 7.10. The Kier molecular flexibility index (Phi) is 3.41. The summed E-state index contributed by atoms with van der Waals surface area (Å²) < 4.78 is 0. The molecule has 0 bridgehead atoms. The van der Waals surface area contributed by atoms with Crippen LogP contribution >= 0.6 is 0 Å². The number of ketones is 2. The number of carbonyl (C=O) groups excluding carboxylic acids is 2. The second kappa shape index (κ2) is 5.24. The first kappa shape index (κ1) is 13.7. The third kappa shape index (κ3) is 2.28. The van der Waals surface area contributed by atoms with Crippen LogP contribution in [0, 0.1) is 0 Å². The number of hydrogen-bond acceptors (Lipinski definition) is 5. The van der Waals surface area contributed by atoms with E-state index in [9.17, 15) is 9.59 Å². The topological polar surface area (TPSA) is 63.2 Å².